The summed E-state index contributed by atoms with van der Waals surface area (Å²) < 4.78 is 7.68. The van der Waals surface area contributed by atoms with E-state index in [2.05, 4.69) is 29.2 Å². The third-order valence-electron chi connectivity index (χ3n) is 4.03. The first kappa shape index (κ1) is 11.8. The van der Waals surface area contributed by atoms with Crippen molar-refractivity contribution in [3.05, 3.63) is 5.69 Å². The Morgan fingerprint density at radius 3 is 3.06 bits per heavy atom. The summed E-state index contributed by atoms with van der Waals surface area (Å²) in [6.45, 7) is 8.08. The van der Waals surface area contributed by atoms with E-state index in [0.717, 1.165) is 38.4 Å². The van der Waals surface area contributed by atoms with Crippen LogP contribution in [0, 0.1) is 12.8 Å². The van der Waals surface area contributed by atoms with E-state index in [4.69, 9.17) is 4.74 Å². The van der Waals surface area contributed by atoms with E-state index in [9.17, 15) is 0 Å². The van der Waals surface area contributed by atoms with E-state index in [1.165, 1.54) is 11.5 Å². The Bertz CT molecular complexity index is 442. The smallest absolute Gasteiger partial charge is 0.150 e. The van der Waals surface area contributed by atoms with Crippen LogP contribution in [-0.4, -0.2) is 42.1 Å². The van der Waals surface area contributed by atoms with Gasteiger partial charge in [0.15, 0.2) is 5.82 Å². The number of ether oxygens (including phenoxy) is 1. The van der Waals surface area contributed by atoms with E-state index >= 15 is 0 Å². The van der Waals surface area contributed by atoms with Gasteiger partial charge >= 0.3 is 0 Å². The number of rotatable bonds is 2. The molecule has 2 unspecified atom stereocenters. The second kappa shape index (κ2) is 4.46. The molecule has 0 bridgehead atoms. The lowest BCUT2D eigenvalue weighted by molar-refractivity contribution is 0.185. The highest BCUT2D eigenvalue weighted by molar-refractivity contribution is 5.70. The summed E-state index contributed by atoms with van der Waals surface area (Å²) in [5, 5.41) is 8.12. The molecule has 1 saturated heterocycles. The Balaban J connectivity index is 2.04. The molecule has 0 radical (unpaired) electrons. The van der Waals surface area contributed by atoms with Crippen molar-refractivity contribution in [2.75, 3.05) is 36.5 Å². The van der Waals surface area contributed by atoms with E-state index in [1.54, 1.807) is 0 Å². The van der Waals surface area contributed by atoms with Gasteiger partial charge in [-0.3, -0.25) is 4.68 Å². The van der Waals surface area contributed by atoms with Crippen LogP contribution in [0.1, 0.15) is 19.0 Å². The molecule has 2 aliphatic heterocycles. The first-order valence-corrected chi connectivity index (χ1v) is 6.84. The largest absolute Gasteiger partial charge is 0.380 e. The second-order valence-electron chi connectivity index (χ2n) is 5.35. The first-order chi connectivity index (χ1) is 8.72. The molecule has 1 fully saturated rings. The maximum atomic E-state index is 5.67. The average molecular weight is 250 g/mol. The number of aromatic nitrogens is 2. The Kier molecular flexibility index (Phi) is 2.93. The standard InChI is InChI=1S/C13H22N4O/c1-4-5-17-11-8-18-7-10(11)6-14-12-9(2)15-16(3)13(12)17/h10-11,14H,4-8H2,1-3H3. The van der Waals surface area contributed by atoms with Gasteiger partial charge in [0.25, 0.3) is 0 Å². The number of fused-ring (bicyclic) bond motifs is 2. The number of hydrogen-bond acceptors (Lipinski definition) is 4. The second-order valence-corrected chi connectivity index (χ2v) is 5.35. The zero-order chi connectivity index (χ0) is 12.7. The first-order valence-electron chi connectivity index (χ1n) is 6.84. The molecular weight excluding hydrogens is 228 g/mol. The zero-order valence-electron chi connectivity index (χ0n) is 11.4. The van der Waals surface area contributed by atoms with Crippen LogP contribution in [0.25, 0.3) is 0 Å². The van der Waals surface area contributed by atoms with Crippen LogP contribution in [0.3, 0.4) is 0 Å². The van der Waals surface area contributed by atoms with Crippen LogP contribution in [0.15, 0.2) is 0 Å². The van der Waals surface area contributed by atoms with E-state index < -0.39 is 0 Å². The van der Waals surface area contributed by atoms with Crippen molar-refractivity contribution in [3.63, 3.8) is 0 Å². The van der Waals surface area contributed by atoms with Crippen molar-refractivity contribution < 1.29 is 4.74 Å². The van der Waals surface area contributed by atoms with Gasteiger partial charge in [-0.2, -0.15) is 5.10 Å². The highest BCUT2D eigenvalue weighted by atomic mass is 16.5. The van der Waals surface area contributed by atoms with Gasteiger partial charge < -0.3 is 15.0 Å². The highest BCUT2D eigenvalue weighted by Gasteiger charge is 2.38. The SMILES string of the molecule is CCCN1c2c(c(C)nn2C)NCC2COCC21. The lowest BCUT2D eigenvalue weighted by Crippen LogP contribution is -2.42. The van der Waals surface area contributed by atoms with Crippen LogP contribution in [0.2, 0.25) is 0 Å². The molecular formula is C13H22N4O. The summed E-state index contributed by atoms with van der Waals surface area (Å²) in [5.74, 6) is 1.82. The third-order valence-corrected chi connectivity index (χ3v) is 4.03. The van der Waals surface area contributed by atoms with Crippen LogP contribution in [-0.2, 0) is 11.8 Å². The van der Waals surface area contributed by atoms with Crippen LogP contribution in [0.4, 0.5) is 11.5 Å². The minimum Gasteiger partial charge on any atom is -0.380 e. The molecule has 100 valence electrons. The molecule has 1 aromatic rings. The summed E-state index contributed by atoms with van der Waals surface area (Å²) in [6, 6.07) is 0.494. The number of anilines is 2. The maximum absolute atomic E-state index is 5.67. The van der Waals surface area contributed by atoms with Crippen molar-refractivity contribution in [3.8, 4) is 0 Å². The van der Waals surface area contributed by atoms with Crippen LogP contribution < -0.4 is 10.2 Å². The molecule has 5 heteroatoms. The molecule has 0 saturated carbocycles. The fraction of sp³-hybridized carbons (Fsp3) is 0.769. The summed E-state index contributed by atoms with van der Waals surface area (Å²) in [4.78, 5) is 2.49. The third kappa shape index (κ3) is 1.68. The molecule has 0 aromatic carbocycles. The maximum Gasteiger partial charge on any atom is 0.150 e. The molecule has 0 amide bonds. The highest BCUT2D eigenvalue weighted by Crippen LogP contribution is 2.36. The van der Waals surface area contributed by atoms with Crippen molar-refractivity contribution >= 4 is 11.5 Å². The number of nitrogens with one attached hydrogen (secondary N) is 1. The molecule has 18 heavy (non-hydrogen) atoms. The van der Waals surface area contributed by atoms with Crippen LogP contribution >= 0.6 is 0 Å². The Morgan fingerprint density at radius 2 is 2.28 bits per heavy atom. The number of aryl methyl sites for hydroxylation is 2. The van der Waals surface area contributed by atoms with Gasteiger partial charge in [0.2, 0.25) is 0 Å². The molecule has 0 aliphatic carbocycles. The fourth-order valence-corrected chi connectivity index (χ4v) is 3.21. The Hall–Kier alpha value is -1.23. The molecule has 1 aromatic heterocycles. The Morgan fingerprint density at radius 1 is 1.44 bits per heavy atom. The monoisotopic (exact) mass is 250 g/mol. The van der Waals surface area contributed by atoms with Crippen molar-refractivity contribution in [1.29, 1.82) is 0 Å². The summed E-state index contributed by atoms with van der Waals surface area (Å²) in [6.07, 6.45) is 1.15. The molecule has 2 atom stereocenters. The van der Waals surface area contributed by atoms with Gasteiger partial charge in [0, 0.05) is 26.1 Å². The van der Waals surface area contributed by atoms with Gasteiger partial charge in [0.05, 0.1) is 24.9 Å². The molecule has 0 spiro atoms. The van der Waals surface area contributed by atoms with E-state index in [1.807, 2.05) is 11.7 Å². The molecule has 2 aliphatic rings. The minimum absolute atomic E-state index is 0.494. The average Bonchev–Trinajstić information content (AvgIpc) is 2.85. The Labute approximate surface area is 108 Å². The van der Waals surface area contributed by atoms with Crippen LogP contribution in [0.5, 0.6) is 0 Å². The molecule has 1 N–H and O–H groups in total. The lowest BCUT2D eigenvalue weighted by atomic mass is 10.0. The number of hydrogen-bond donors (Lipinski definition) is 1. The number of nitrogens with zero attached hydrogens (tertiary/aromatic N) is 3. The molecule has 5 nitrogen and oxygen atoms in total. The van der Waals surface area contributed by atoms with Gasteiger partial charge in [0.1, 0.15) is 5.69 Å². The van der Waals surface area contributed by atoms with Crippen molar-refractivity contribution in [2.45, 2.75) is 26.3 Å². The van der Waals surface area contributed by atoms with Gasteiger partial charge in [-0.1, -0.05) is 6.92 Å². The quantitative estimate of drug-likeness (QED) is 0.861. The predicted octanol–water partition coefficient (Wildman–Crippen LogP) is 1.39. The minimum atomic E-state index is 0.494. The molecule has 3 heterocycles. The normalized spacial score (nSPS) is 26.5. The van der Waals surface area contributed by atoms with Crippen molar-refractivity contribution in [2.24, 2.45) is 13.0 Å². The lowest BCUT2D eigenvalue weighted by Gasteiger charge is -2.31. The van der Waals surface area contributed by atoms with Gasteiger partial charge in [-0.15, -0.1) is 0 Å². The zero-order valence-corrected chi connectivity index (χ0v) is 11.4. The summed E-state index contributed by atoms with van der Waals surface area (Å²) >= 11 is 0. The summed E-state index contributed by atoms with van der Waals surface area (Å²) in [7, 11) is 2.03. The fourth-order valence-electron chi connectivity index (χ4n) is 3.21. The van der Waals surface area contributed by atoms with Crippen molar-refractivity contribution in [1.82, 2.24) is 9.78 Å². The summed E-state index contributed by atoms with van der Waals surface area (Å²) in [5.41, 5.74) is 2.30. The van der Waals surface area contributed by atoms with Gasteiger partial charge in [-0.05, 0) is 13.3 Å². The topological polar surface area (TPSA) is 42.3 Å². The van der Waals surface area contributed by atoms with E-state index in [-0.39, 0.29) is 0 Å². The molecule has 3 rings (SSSR count). The van der Waals surface area contributed by atoms with Gasteiger partial charge in [-0.25, -0.2) is 0 Å². The van der Waals surface area contributed by atoms with E-state index in [0.29, 0.717) is 12.0 Å². The predicted molar refractivity (Wildman–Crippen MR) is 72.2 cm³/mol.